The molecule has 2 atom stereocenters. The molecule has 0 aliphatic heterocycles. The number of halogens is 2. The number of aliphatic carboxylic acids is 1. The maximum Gasteiger partial charge on any atom is 0.335 e. The Labute approximate surface area is 208 Å². The number of Topliss-reactive ketones (excluding diaryl/α,β-unsaturated/α-hetero) is 1. The molecule has 0 saturated heterocycles. The third kappa shape index (κ3) is 7.33. The lowest BCUT2D eigenvalue weighted by Crippen LogP contribution is -2.48. The predicted molar refractivity (Wildman–Crippen MR) is 135 cm³/mol. The van der Waals surface area contributed by atoms with Crippen LogP contribution in [0.2, 0.25) is 0 Å². The molecule has 2 unspecified atom stereocenters. The number of carbonyl (C=O) groups is 2. The normalized spacial score (nSPS) is 19.9. The van der Waals surface area contributed by atoms with Crippen LogP contribution in [-0.2, 0) is 15.1 Å². The van der Waals surface area contributed by atoms with Crippen LogP contribution in [-0.4, -0.2) is 29.4 Å². The fraction of sp³-hybridized carbons (Fsp3) is 0.586. The van der Waals surface area contributed by atoms with Gasteiger partial charge in [0.05, 0.1) is 5.57 Å². The van der Waals surface area contributed by atoms with Crippen LogP contribution in [0.3, 0.4) is 0 Å². The molecule has 1 aliphatic rings. The highest BCUT2D eigenvalue weighted by molar-refractivity contribution is 5.99. The Balaban J connectivity index is 2.40. The lowest BCUT2D eigenvalue weighted by molar-refractivity contribution is -0.165. The van der Waals surface area contributed by atoms with Gasteiger partial charge in [0, 0.05) is 29.7 Å². The second-order valence-electron chi connectivity index (χ2n) is 9.52. The molecule has 35 heavy (non-hydrogen) atoms. The maximum absolute atomic E-state index is 15.8. The van der Waals surface area contributed by atoms with Gasteiger partial charge < -0.3 is 9.84 Å². The molecule has 0 fully saturated rings. The van der Waals surface area contributed by atoms with E-state index in [0.29, 0.717) is 18.9 Å². The van der Waals surface area contributed by atoms with Crippen LogP contribution in [0, 0.1) is 5.92 Å². The smallest absolute Gasteiger partial charge is 0.335 e. The summed E-state index contributed by atoms with van der Waals surface area (Å²) in [6, 6.07) is 6.37. The van der Waals surface area contributed by atoms with Gasteiger partial charge in [-0.2, -0.15) is 8.78 Å². The molecule has 2 rings (SSSR count). The Morgan fingerprint density at radius 1 is 0.971 bits per heavy atom. The van der Waals surface area contributed by atoms with Gasteiger partial charge in [-0.1, -0.05) is 96.4 Å². The zero-order valence-corrected chi connectivity index (χ0v) is 21.3. The largest absolute Gasteiger partial charge is 0.478 e. The number of carbonyl (C=O) groups excluding carboxylic acids is 1. The zero-order valence-electron chi connectivity index (χ0n) is 21.3. The maximum atomic E-state index is 15.8. The third-order valence-corrected chi connectivity index (χ3v) is 6.69. The van der Waals surface area contributed by atoms with Crippen molar-refractivity contribution in [3.8, 4) is 0 Å². The van der Waals surface area contributed by atoms with Gasteiger partial charge in [0.25, 0.3) is 0 Å². The Kier molecular flexibility index (Phi) is 11.3. The number of carboxylic acid groups (broad SMARTS) is 1. The minimum atomic E-state index is -3.65. The molecule has 1 aliphatic carbocycles. The predicted octanol–water partition coefficient (Wildman–Crippen LogP) is 7.87. The number of ether oxygens (including phenoxy) is 1. The van der Waals surface area contributed by atoms with Gasteiger partial charge >= 0.3 is 11.9 Å². The number of carboxylic acids is 1. The average Bonchev–Trinajstić information content (AvgIpc) is 2.84. The van der Waals surface area contributed by atoms with Crippen LogP contribution in [0.1, 0.15) is 101 Å². The van der Waals surface area contributed by atoms with Crippen molar-refractivity contribution in [2.75, 3.05) is 6.61 Å². The van der Waals surface area contributed by atoms with E-state index >= 15 is 8.78 Å². The summed E-state index contributed by atoms with van der Waals surface area (Å²) in [5, 5.41) is 9.30. The van der Waals surface area contributed by atoms with Gasteiger partial charge in [-0.15, -0.1) is 0 Å². The molecule has 0 spiro atoms. The molecule has 194 valence electrons. The van der Waals surface area contributed by atoms with Gasteiger partial charge in [-0.05, 0) is 25.0 Å². The Morgan fingerprint density at radius 3 is 2.23 bits per heavy atom. The average molecular weight is 491 g/mol. The Hall–Kier alpha value is -2.34. The highest BCUT2D eigenvalue weighted by Gasteiger charge is 2.56. The van der Waals surface area contributed by atoms with Crippen molar-refractivity contribution < 1.29 is 28.2 Å². The lowest BCUT2D eigenvalue weighted by atomic mass is 9.77. The van der Waals surface area contributed by atoms with Crippen LogP contribution < -0.4 is 0 Å². The first kappa shape index (κ1) is 28.9. The van der Waals surface area contributed by atoms with Crippen molar-refractivity contribution in [2.45, 2.75) is 96.5 Å². The first-order chi connectivity index (χ1) is 16.7. The number of rotatable bonds is 16. The fourth-order valence-corrected chi connectivity index (χ4v) is 4.53. The van der Waals surface area contributed by atoms with Crippen molar-refractivity contribution in [3.05, 3.63) is 59.2 Å². The second kappa shape index (κ2) is 13.7. The molecule has 0 heterocycles. The van der Waals surface area contributed by atoms with E-state index < -0.39 is 23.1 Å². The van der Waals surface area contributed by atoms with Gasteiger partial charge in [-0.3, -0.25) is 4.79 Å². The van der Waals surface area contributed by atoms with Crippen molar-refractivity contribution in [1.29, 1.82) is 0 Å². The first-order valence-corrected chi connectivity index (χ1v) is 13.0. The summed E-state index contributed by atoms with van der Waals surface area (Å²) in [5.74, 6) is -5.59. The monoisotopic (exact) mass is 490 g/mol. The number of hydrogen-bond acceptors (Lipinski definition) is 3. The molecule has 1 N–H and O–H groups in total. The molecule has 6 heteroatoms. The minimum absolute atomic E-state index is 0.0784. The summed E-state index contributed by atoms with van der Waals surface area (Å²) in [6.45, 7) is 6.14. The molecule has 0 aromatic heterocycles. The van der Waals surface area contributed by atoms with E-state index in [1.165, 1.54) is 6.07 Å². The van der Waals surface area contributed by atoms with Gasteiger partial charge in [0.2, 0.25) is 0 Å². The van der Waals surface area contributed by atoms with Crippen LogP contribution in [0.4, 0.5) is 8.78 Å². The van der Waals surface area contributed by atoms with E-state index in [4.69, 9.17) is 4.74 Å². The van der Waals surface area contributed by atoms with Crippen LogP contribution >= 0.6 is 0 Å². The molecule has 0 radical (unpaired) electrons. The van der Waals surface area contributed by atoms with Crippen LogP contribution in [0.25, 0.3) is 0 Å². The van der Waals surface area contributed by atoms with E-state index in [1.807, 2.05) is 6.92 Å². The summed E-state index contributed by atoms with van der Waals surface area (Å²) < 4.78 is 37.4. The molecule has 0 amide bonds. The first-order valence-electron chi connectivity index (χ1n) is 13.0. The molecule has 1 aromatic carbocycles. The quantitative estimate of drug-likeness (QED) is 0.189. The zero-order chi connectivity index (χ0) is 25.9. The van der Waals surface area contributed by atoms with Crippen LogP contribution in [0.15, 0.2) is 48.1 Å². The molecular weight excluding hydrogens is 450 g/mol. The van der Waals surface area contributed by atoms with Gasteiger partial charge in [-0.25, -0.2) is 4.79 Å². The summed E-state index contributed by atoms with van der Waals surface area (Å²) in [5.41, 5.74) is -2.45. The summed E-state index contributed by atoms with van der Waals surface area (Å²) in [7, 11) is 0. The van der Waals surface area contributed by atoms with E-state index in [-0.39, 0.29) is 29.4 Å². The highest BCUT2D eigenvalue weighted by atomic mass is 19.3. The van der Waals surface area contributed by atoms with Crippen molar-refractivity contribution in [1.82, 2.24) is 0 Å². The standard InChI is InChI=1S/C29H40F2O4/c1-4-6-8-10-14-20-35-28(19-18-23(27(33)34)21-29(28,30)31)25-17-13-12-16-24(25)26(32)22(3)15-11-9-7-5-2/h12-13,16-19,21-22H,4-11,14-15,20H2,1-3H3,(H,33,34). The van der Waals surface area contributed by atoms with Crippen LogP contribution in [0.5, 0.6) is 0 Å². The number of alkyl halides is 2. The Morgan fingerprint density at radius 2 is 1.60 bits per heavy atom. The molecule has 0 saturated carbocycles. The van der Waals surface area contributed by atoms with Crippen molar-refractivity contribution in [2.24, 2.45) is 5.92 Å². The molecule has 0 bridgehead atoms. The number of ketones is 1. The van der Waals surface area contributed by atoms with E-state index in [0.717, 1.165) is 63.5 Å². The third-order valence-electron chi connectivity index (χ3n) is 6.69. The van der Waals surface area contributed by atoms with Crippen molar-refractivity contribution in [3.63, 3.8) is 0 Å². The molecule has 4 nitrogen and oxygen atoms in total. The fourth-order valence-electron chi connectivity index (χ4n) is 4.53. The van der Waals surface area contributed by atoms with E-state index in [9.17, 15) is 14.7 Å². The SMILES string of the molecule is CCCCCCCOC1(c2ccccc2C(=O)C(C)CCCCCC)C=CC(C(=O)O)=CC1(F)F. The highest BCUT2D eigenvalue weighted by Crippen LogP contribution is 2.48. The van der Waals surface area contributed by atoms with E-state index in [1.54, 1.807) is 18.2 Å². The topological polar surface area (TPSA) is 63.6 Å². The second-order valence-corrected chi connectivity index (χ2v) is 9.52. The number of benzene rings is 1. The van der Waals surface area contributed by atoms with E-state index in [2.05, 4.69) is 13.8 Å². The number of hydrogen-bond donors (Lipinski definition) is 1. The molecular formula is C29H40F2O4. The Bertz CT molecular complexity index is 906. The minimum Gasteiger partial charge on any atom is -0.478 e. The number of unbranched alkanes of at least 4 members (excludes halogenated alkanes) is 7. The molecule has 1 aromatic rings. The van der Waals surface area contributed by atoms with Gasteiger partial charge in [0.1, 0.15) is 0 Å². The van der Waals surface area contributed by atoms with Crippen molar-refractivity contribution >= 4 is 11.8 Å². The lowest BCUT2D eigenvalue weighted by Gasteiger charge is -2.40. The summed E-state index contributed by atoms with van der Waals surface area (Å²) >= 11 is 0. The summed E-state index contributed by atoms with van der Waals surface area (Å²) in [4.78, 5) is 24.8. The summed E-state index contributed by atoms with van der Waals surface area (Å²) in [6.07, 6.45) is 12.1. The van der Waals surface area contributed by atoms with Gasteiger partial charge in [0.15, 0.2) is 11.4 Å².